The molecule has 0 aromatic rings. The van der Waals surface area contributed by atoms with E-state index in [0.29, 0.717) is 6.42 Å². The highest BCUT2D eigenvalue weighted by atomic mass is 32.2. The second-order valence-corrected chi connectivity index (χ2v) is 8.91. The Morgan fingerprint density at radius 3 is 1.96 bits per heavy atom. The number of ether oxygens (including phenoxy) is 3. The monoisotopic (exact) mass is 410 g/mol. The summed E-state index contributed by atoms with van der Waals surface area (Å²) < 4.78 is 44.6. The Morgan fingerprint density at radius 1 is 1.00 bits per heavy atom. The van der Waals surface area contributed by atoms with E-state index >= 15 is 0 Å². The molecule has 0 saturated carbocycles. The van der Waals surface area contributed by atoms with Crippen LogP contribution in [0.4, 0.5) is 0 Å². The minimum atomic E-state index is -4.25. The molecule has 2 atom stereocenters. The summed E-state index contributed by atoms with van der Waals surface area (Å²) in [6.07, 6.45) is 0.563. The van der Waals surface area contributed by atoms with Crippen molar-refractivity contribution in [3.63, 3.8) is 0 Å². The zero-order valence-corrected chi connectivity index (χ0v) is 17.6. The van der Waals surface area contributed by atoms with E-state index in [1.54, 1.807) is 27.7 Å². The summed E-state index contributed by atoms with van der Waals surface area (Å²) in [5.41, 5.74) is -2.08. The highest BCUT2D eigenvalue weighted by molar-refractivity contribution is 7.85. The summed E-state index contributed by atoms with van der Waals surface area (Å²) in [7, 11) is -1.77. The van der Waals surface area contributed by atoms with Gasteiger partial charge in [-0.2, -0.15) is 8.42 Å². The van der Waals surface area contributed by atoms with Crippen molar-refractivity contribution < 1.29 is 41.6 Å². The Labute approximate surface area is 160 Å². The first-order chi connectivity index (χ1) is 12.2. The SMILES string of the molecule is CCC(C)(CC(CC(C)(C)C(=O)OCCS(=O)(=O)O)C(=O)OC)C(=O)OC. The molecule has 0 aliphatic carbocycles. The van der Waals surface area contributed by atoms with Crippen LogP contribution in [0.25, 0.3) is 0 Å². The molecule has 1 N–H and O–H groups in total. The van der Waals surface area contributed by atoms with Crippen molar-refractivity contribution in [2.45, 2.75) is 47.0 Å². The lowest BCUT2D eigenvalue weighted by Gasteiger charge is -2.32. The van der Waals surface area contributed by atoms with E-state index in [9.17, 15) is 22.8 Å². The third-order valence-corrected chi connectivity index (χ3v) is 5.26. The minimum Gasteiger partial charge on any atom is -0.469 e. The van der Waals surface area contributed by atoms with Gasteiger partial charge in [-0.1, -0.05) is 6.92 Å². The quantitative estimate of drug-likeness (QED) is 0.306. The molecule has 0 aromatic carbocycles. The van der Waals surface area contributed by atoms with E-state index < -0.39 is 57.1 Å². The molecule has 0 bridgehead atoms. The van der Waals surface area contributed by atoms with Crippen LogP contribution in [0.1, 0.15) is 47.0 Å². The second-order valence-electron chi connectivity index (χ2n) is 7.34. The lowest BCUT2D eigenvalue weighted by Crippen LogP contribution is -2.38. The number of esters is 3. The van der Waals surface area contributed by atoms with Gasteiger partial charge in [0.05, 0.1) is 31.0 Å². The van der Waals surface area contributed by atoms with Gasteiger partial charge < -0.3 is 14.2 Å². The highest BCUT2D eigenvalue weighted by Crippen LogP contribution is 2.37. The molecular formula is C17H30O9S. The number of hydrogen-bond acceptors (Lipinski definition) is 8. The number of methoxy groups -OCH3 is 2. The van der Waals surface area contributed by atoms with Crippen molar-refractivity contribution in [1.82, 2.24) is 0 Å². The molecule has 0 rings (SSSR count). The van der Waals surface area contributed by atoms with E-state index in [4.69, 9.17) is 18.8 Å². The van der Waals surface area contributed by atoms with Gasteiger partial charge >= 0.3 is 17.9 Å². The highest BCUT2D eigenvalue weighted by Gasteiger charge is 2.42. The summed E-state index contributed by atoms with van der Waals surface area (Å²) in [6.45, 7) is 6.05. The smallest absolute Gasteiger partial charge is 0.311 e. The molecule has 0 aromatic heterocycles. The predicted molar refractivity (Wildman–Crippen MR) is 96.3 cm³/mol. The van der Waals surface area contributed by atoms with E-state index in [0.717, 1.165) is 0 Å². The van der Waals surface area contributed by atoms with Crippen molar-refractivity contribution >= 4 is 28.0 Å². The van der Waals surface area contributed by atoms with Crippen LogP contribution >= 0.6 is 0 Å². The molecule has 0 amide bonds. The number of rotatable bonds is 11. The molecule has 9 nitrogen and oxygen atoms in total. The predicted octanol–water partition coefficient (Wildman–Crippen LogP) is 1.60. The molecule has 0 saturated heterocycles. The number of carbonyl (C=O) groups is 3. The molecular weight excluding hydrogens is 380 g/mol. The van der Waals surface area contributed by atoms with Gasteiger partial charge in [-0.25, -0.2) is 0 Å². The first kappa shape index (κ1) is 25.3. The molecule has 0 aliphatic heterocycles. The van der Waals surface area contributed by atoms with Crippen LogP contribution in [0.15, 0.2) is 0 Å². The van der Waals surface area contributed by atoms with Crippen LogP contribution < -0.4 is 0 Å². The third-order valence-electron chi connectivity index (χ3n) is 4.57. The standard InChI is InChI=1S/C17H30O9S/c1-7-17(4,15(20)25-6)11-12(13(18)24-5)10-16(2,3)14(19)26-8-9-27(21,22)23/h12H,7-11H2,1-6H3,(H,21,22,23). The first-order valence-electron chi connectivity index (χ1n) is 8.51. The maximum atomic E-state index is 12.3. The zero-order valence-electron chi connectivity index (χ0n) is 16.7. The Hall–Kier alpha value is -1.68. The molecule has 0 spiro atoms. The summed E-state index contributed by atoms with van der Waals surface area (Å²) in [5.74, 6) is -3.25. The number of hydrogen-bond donors (Lipinski definition) is 1. The minimum absolute atomic E-state index is 0.0248. The average Bonchev–Trinajstić information content (AvgIpc) is 2.57. The molecule has 27 heavy (non-hydrogen) atoms. The van der Waals surface area contributed by atoms with Gasteiger partial charge in [0.2, 0.25) is 0 Å². The van der Waals surface area contributed by atoms with Gasteiger partial charge in [0.1, 0.15) is 12.4 Å². The van der Waals surface area contributed by atoms with Crippen LogP contribution in [0.2, 0.25) is 0 Å². The molecule has 0 fully saturated rings. The Balaban J connectivity index is 5.29. The lowest BCUT2D eigenvalue weighted by atomic mass is 9.73. The molecule has 0 heterocycles. The van der Waals surface area contributed by atoms with Crippen LogP contribution in [-0.2, 0) is 38.7 Å². The maximum Gasteiger partial charge on any atom is 0.311 e. The Kier molecular flexibility index (Phi) is 9.40. The van der Waals surface area contributed by atoms with E-state index in [2.05, 4.69) is 0 Å². The second kappa shape index (κ2) is 10.0. The van der Waals surface area contributed by atoms with Crippen LogP contribution in [-0.4, -0.2) is 57.5 Å². The Morgan fingerprint density at radius 2 is 1.56 bits per heavy atom. The van der Waals surface area contributed by atoms with Crippen molar-refractivity contribution in [3.8, 4) is 0 Å². The van der Waals surface area contributed by atoms with Gasteiger partial charge in [-0.3, -0.25) is 18.9 Å². The average molecular weight is 410 g/mol. The fourth-order valence-corrected chi connectivity index (χ4v) is 3.00. The van der Waals surface area contributed by atoms with E-state index in [1.165, 1.54) is 14.2 Å². The molecule has 0 radical (unpaired) electrons. The normalized spacial score (nSPS) is 15.4. The van der Waals surface area contributed by atoms with Crippen molar-refractivity contribution in [2.24, 2.45) is 16.7 Å². The molecule has 0 aliphatic rings. The molecule has 158 valence electrons. The van der Waals surface area contributed by atoms with Gasteiger partial charge in [-0.15, -0.1) is 0 Å². The van der Waals surface area contributed by atoms with E-state index in [1.807, 2.05) is 0 Å². The largest absolute Gasteiger partial charge is 0.469 e. The zero-order chi connectivity index (χ0) is 21.5. The van der Waals surface area contributed by atoms with Gasteiger partial charge in [-0.05, 0) is 40.0 Å². The maximum absolute atomic E-state index is 12.3. The van der Waals surface area contributed by atoms with Crippen LogP contribution in [0.3, 0.4) is 0 Å². The molecule has 10 heteroatoms. The van der Waals surface area contributed by atoms with Gasteiger partial charge in [0, 0.05) is 0 Å². The fraction of sp³-hybridized carbons (Fsp3) is 0.824. The molecule has 2 unspecified atom stereocenters. The van der Waals surface area contributed by atoms with Crippen molar-refractivity contribution in [1.29, 1.82) is 0 Å². The fourth-order valence-electron chi connectivity index (χ4n) is 2.70. The lowest BCUT2D eigenvalue weighted by molar-refractivity contribution is -0.159. The first-order valence-corrected chi connectivity index (χ1v) is 10.1. The van der Waals surface area contributed by atoms with Crippen molar-refractivity contribution in [2.75, 3.05) is 26.6 Å². The van der Waals surface area contributed by atoms with Crippen LogP contribution in [0, 0.1) is 16.7 Å². The summed E-state index contributed by atoms with van der Waals surface area (Å²) >= 11 is 0. The van der Waals surface area contributed by atoms with E-state index in [-0.39, 0.29) is 12.8 Å². The topological polar surface area (TPSA) is 133 Å². The number of carbonyl (C=O) groups excluding carboxylic acids is 3. The van der Waals surface area contributed by atoms with Crippen LogP contribution in [0.5, 0.6) is 0 Å². The van der Waals surface area contributed by atoms with Crippen molar-refractivity contribution in [3.05, 3.63) is 0 Å². The van der Waals surface area contributed by atoms with Gasteiger partial charge in [0.25, 0.3) is 10.1 Å². The van der Waals surface area contributed by atoms with Gasteiger partial charge in [0.15, 0.2) is 0 Å². The summed E-state index contributed by atoms with van der Waals surface area (Å²) in [4.78, 5) is 36.6. The summed E-state index contributed by atoms with van der Waals surface area (Å²) in [6, 6.07) is 0. The third kappa shape index (κ3) is 8.25. The summed E-state index contributed by atoms with van der Waals surface area (Å²) in [5, 5.41) is 0. The Bertz CT molecular complexity index is 639.